The Labute approximate surface area is 263 Å². The summed E-state index contributed by atoms with van der Waals surface area (Å²) in [5.41, 5.74) is 1.61. The number of halogens is 2. The van der Waals surface area contributed by atoms with E-state index in [1.165, 1.54) is 29.2 Å². The highest BCUT2D eigenvalue weighted by Gasteiger charge is 2.35. The normalized spacial score (nSPS) is 12.6. The van der Waals surface area contributed by atoms with Crippen molar-refractivity contribution in [3.8, 4) is 0 Å². The van der Waals surface area contributed by atoms with Crippen molar-refractivity contribution in [3.05, 3.63) is 131 Å². The van der Waals surface area contributed by atoms with E-state index >= 15 is 0 Å². The van der Waals surface area contributed by atoms with E-state index in [1.54, 1.807) is 18.2 Å². The van der Waals surface area contributed by atoms with Crippen molar-refractivity contribution in [2.24, 2.45) is 0 Å². The number of anilines is 1. The molecule has 0 spiro atoms. The number of carbonyl (C=O) groups is 2. The van der Waals surface area contributed by atoms with E-state index in [2.05, 4.69) is 5.32 Å². The molecule has 2 amide bonds. The number of benzene rings is 4. The van der Waals surface area contributed by atoms with Crippen molar-refractivity contribution in [3.63, 3.8) is 0 Å². The lowest BCUT2D eigenvalue weighted by Gasteiger charge is -2.34. The Hall–Kier alpha value is -4.21. The molecule has 2 unspecified atom stereocenters. The Morgan fingerprint density at radius 1 is 0.864 bits per heavy atom. The summed E-state index contributed by atoms with van der Waals surface area (Å²) in [6.45, 7) is 3.22. The third kappa shape index (κ3) is 8.24. The molecule has 1 N–H and O–H groups in total. The van der Waals surface area contributed by atoms with Gasteiger partial charge in [0.2, 0.25) is 11.8 Å². The van der Waals surface area contributed by atoms with Crippen LogP contribution < -0.4 is 9.62 Å². The molecule has 0 heterocycles. The summed E-state index contributed by atoms with van der Waals surface area (Å²) in [7, 11) is -4.31. The molecule has 4 aromatic rings. The minimum Gasteiger partial charge on any atom is -0.352 e. The van der Waals surface area contributed by atoms with Gasteiger partial charge in [-0.15, -0.1) is 0 Å². The maximum Gasteiger partial charge on any atom is 0.264 e. The number of nitrogens with one attached hydrogen (secondary N) is 1. The van der Waals surface area contributed by atoms with Gasteiger partial charge in [0.05, 0.1) is 15.6 Å². The van der Waals surface area contributed by atoms with Crippen LogP contribution in [0.2, 0.25) is 5.02 Å². The van der Waals surface area contributed by atoms with E-state index < -0.39 is 34.3 Å². The van der Waals surface area contributed by atoms with E-state index in [9.17, 15) is 22.4 Å². The van der Waals surface area contributed by atoms with Crippen LogP contribution in [-0.4, -0.2) is 43.8 Å². The van der Waals surface area contributed by atoms with Crippen LogP contribution in [0, 0.1) is 5.82 Å². The highest BCUT2D eigenvalue weighted by Crippen LogP contribution is 2.28. The summed E-state index contributed by atoms with van der Waals surface area (Å²) in [6.07, 6.45) is 0.889. The third-order valence-electron chi connectivity index (χ3n) is 7.27. The van der Waals surface area contributed by atoms with Gasteiger partial charge in [-0.05, 0) is 54.8 Å². The zero-order valence-corrected chi connectivity index (χ0v) is 26.1. The molecule has 7 nitrogen and oxygen atoms in total. The van der Waals surface area contributed by atoms with Crippen molar-refractivity contribution < 1.29 is 22.4 Å². The van der Waals surface area contributed by atoms with Crippen LogP contribution in [0.3, 0.4) is 0 Å². The lowest BCUT2D eigenvalue weighted by molar-refractivity contribution is -0.140. The summed E-state index contributed by atoms with van der Waals surface area (Å²) >= 11 is 6.06. The Balaban J connectivity index is 1.80. The van der Waals surface area contributed by atoms with Crippen molar-refractivity contribution in [2.75, 3.05) is 10.8 Å². The number of hydrogen-bond acceptors (Lipinski definition) is 4. The molecule has 0 aliphatic heterocycles. The van der Waals surface area contributed by atoms with Gasteiger partial charge >= 0.3 is 0 Å². The van der Waals surface area contributed by atoms with Crippen molar-refractivity contribution >= 4 is 39.1 Å². The second kappa shape index (κ2) is 15.0. The smallest absolute Gasteiger partial charge is 0.264 e. The fraction of sp³-hybridized carbons (Fsp3) is 0.235. The SMILES string of the molecule is CCC(C)NC(=O)C(Cc1ccccc1)N(Cc1ccccc1)C(=O)CN(c1ccc(F)c(Cl)c1)S(=O)(=O)c1ccccc1. The number of rotatable bonds is 13. The zero-order chi connectivity index (χ0) is 31.7. The van der Waals surface area contributed by atoms with Crippen LogP contribution >= 0.6 is 11.6 Å². The van der Waals surface area contributed by atoms with Crippen LogP contribution in [0.5, 0.6) is 0 Å². The molecule has 0 fully saturated rings. The van der Waals surface area contributed by atoms with Crippen molar-refractivity contribution in [1.29, 1.82) is 0 Å². The summed E-state index contributed by atoms with van der Waals surface area (Å²) in [6, 6.07) is 28.5. The molecular formula is C34H35ClFN3O4S. The Bertz CT molecular complexity index is 1660. The lowest BCUT2D eigenvalue weighted by atomic mass is 10.0. The summed E-state index contributed by atoms with van der Waals surface area (Å²) in [5, 5.41) is 2.71. The second-order valence-electron chi connectivity index (χ2n) is 10.5. The Morgan fingerprint density at radius 3 is 2.00 bits per heavy atom. The first-order valence-corrected chi connectivity index (χ1v) is 16.1. The third-order valence-corrected chi connectivity index (χ3v) is 9.35. The molecule has 10 heteroatoms. The van der Waals surface area contributed by atoms with E-state index in [4.69, 9.17) is 11.6 Å². The number of carbonyl (C=O) groups excluding carboxylic acids is 2. The molecule has 0 radical (unpaired) electrons. The predicted octanol–water partition coefficient (Wildman–Crippen LogP) is 6.23. The zero-order valence-electron chi connectivity index (χ0n) is 24.6. The summed E-state index contributed by atoms with van der Waals surface area (Å²) in [5.74, 6) is -1.70. The highest BCUT2D eigenvalue weighted by atomic mass is 35.5. The van der Waals surface area contributed by atoms with Crippen molar-refractivity contribution in [2.45, 2.75) is 50.2 Å². The summed E-state index contributed by atoms with van der Waals surface area (Å²) in [4.78, 5) is 29.6. The fourth-order valence-electron chi connectivity index (χ4n) is 4.66. The van der Waals surface area contributed by atoms with Gasteiger partial charge in [0, 0.05) is 19.0 Å². The monoisotopic (exact) mass is 635 g/mol. The number of nitrogens with zero attached hydrogens (tertiary/aromatic N) is 2. The highest BCUT2D eigenvalue weighted by molar-refractivity contribution is 7.92. The van der Waals surface area contributed by atoms with Gasteiger partial charge in [0.25, 0.3) is 10.0 Å². The van der Waals surface area contributed by atoms with Crippen LogP contribution in [0.15, 0.2) is 114 Å². The number of amides is 2. The van der Waals surface area contributed by atoms with E-state index in [0.29, 0.717) is 6.42 Å². The number of sulfonamides is 1. The first kappa shape index (κ1) is 32.7. The molecule has 0 aliphatic carbocycles. The van der Waals surface area contributed by atoms with Gasteiger partial charge in [-0.1, -0.05) is 97.4 Å². The summed E-state index contributed by atoms with van der Waals surface area (Å²) < 4.78 is 43.0. The first-order valence-electron chi connectivity index (χ1n) is 14.3. The van der Waals surface area contributed by atoms with Gasteiger partial charge in [0.15, 0.2) is 0 Å². The molecular weight excluding hydrogens is 601 g/mol. The Kier molecular flexibility index (Phi) is 11.1. The first-order chi connectivity index (χ1) is 21.1. The standard InChI is InChI=1S/C34H35ClFN3O4S/c1-3-25(2)37-34(41)32(21-26-13-7-4-8-14-26)38(23-27-15-9-5-10-16-27)33(40)24-39(28-19-20-31(36)30(35)22-28)44(42,43)29-17-11-6-12-18-29/h4-20,22,25,32H,3,21,23-24H2,1-2H3,(H,37,41). The molecule has 4 aromatic carbocycles. The van der Waals surface area contributed by atoms with E-state index in [0.717, 1.165) is 21.5 Å². The van der Waals surface area contributed by atoms with E-state index in [-0.39, 0.29) is 40.5 Å². The molecule has 2 atom stereocenters. The van der Waals surface area contributed by atoms with E-state index in [1.807, 2.05) is 74.5 Å². The lowest BCUT2D eigenvalue weighted by Crippen LogP contribution is -2.54. The van der Waals surface area contributed by atoms with Crippen LogP contribution in [0.1, 0.15) is 31.4 Å². The molecule has 0 saturated heterocycles. The van der Waals surface area contributed by atoms with Gasteiger partial charge in [-0.25, -0.2) is 12.8 Å². The van der Waals surface area contributed by atoms with Crippen LogP contribution in [0.25, 0.3) is 0 Å². The molecule has 0 bridgehead atoms. The fourth-order valence-corrected chi connectivity index (χ4v) is 6.27. The van der Waals surface area contributed by atoms with Crippen molar-refractivity contribution in [1.82, 2.24) is 10.2 Å². The molecule has 0 aliphatic rings. The molecule has 0 saturated carbocycles. The average molecular weight is 636 g/mol. The van der Waals surface area contributed by atoms with Gasteiger partial charge < -0.3 is 10.2 Å². The Morgan fingerprint density at radius 2 is 1.43 bits per heavy atom. The minimum atomic E-state index is -4.31. The molecule has 230 valence electrons. The predicted molar refractivity (Wildman–Crippen MR) is 171 cm³/mol. The van der Waals surface area contributed by atoms with Gasteiger partial charge in [0.1, 0.15) is 18.4 Å². The maximum absolute atomic E-state index is 14.4. The second-order valence-corrected chi connectivity index (χ2v) is 12.7. The minimum absolute atomic E-state index is 0.0110. The number of hydrogen-bond donors (Lipinski definition) is 1. The van der Waals surface area contributed by atoms with Gasteiger partial charge in [-0.2, -0.15) is 0 Å². The largest absolute Gasteiger partial charge is 0.352 e. The molecule has 4 rings (SSSR count). The molecule has 44 heavy (non-hydrogen) atoms. The molecule has 0 aromatic heterocycles. The topological polar surface area (TPSA) is 86.8 Å². The maximum atomic E-state index is 14.4. The quantitative estimate of drug-likeness (QED) is 0.189. The average Bonchev–Trinajstić information content (AvgIpc) is 3.04. The van der Waals surface area contributed by atoms with Crippen LogP contribution in [0.4, 0.5) is 10.1 Å². The van der Waals surface area contributed by atoms with Crippen LogP contribution in [-0.2, 0) is 32.6 Å². The van der Waals surface area contributed by atoms with Gasteiger partial charge in [-0.3, -0.25) is 13.9 Å².